The van der Waals surface area contributed by atoms with Gasteiger partial charge in [0, 0.05) is 11.6 Å². The van der Waals surface area contributed by atoms with Gasteiger partial charge in [-0.25, -0.2) is 4.39 Å². The summed E-state index contributed by atoms with van der Waals surface area (Å²) in [7, 11) is 0. The van der Waals surface area contributed by atoms with Gasteiger partial charge in [0.05, 0.1) is 0 Å². The van der Waals surface area contributed by atoms with E-state index < -0.39 is 0 Å². The lowest BCUT2D eigenvalue weighted by molar-refractivity contribution is -0.117. The van der Waals surface area contributed by atoms with E-state index in [2.05, 4.69) is 20.8 Å². The number of aromatic nitrogens is 2. The van der Waals surface area contributed by atoms with E-state index in [4.69, 9.17) is 0 Å². The molecule has 0 unspecified atom stereocenters. The monoisotopic (exact) mass is 272 g/mol. The number of halogens is 1. The molecule has 5 nitrogen and oxygen atoms in total. The molecular weight excluding hydrogens is 259 g/mol. The van der Waals surface area contributed by atoms with E-state index in [1.807, 2.05) is 0 Å². The van der Waals surface area contributed by atoms with E-state index >= 15 is 0 Å². The predicted octanol–water partition coefficient (Wildman–Crippen LogP) is 2.71. The summed E-state index contributed by atoms with van der Waals surface area (Å²) >= 11 is 0. The number of benzene rings is 1. The lowest BCUT2D eigenvalue weighted by Gasteiger charge is -2.06. The molecule has 2 N–H and O–H groups in total. The second-order valence-electron chi connectivity index (χ2n) is 4.70. The highest BCUT2D eigenvalue weighted by Gasteiger charge is 2.29. The van der Waals surface area contributed by atoms with Crippen molar-refractivity contribution in [2.45, 2.75) is 12.8 Å². The van der Waals surface area contributed by atoms with E-state index in [0.717, 1.165) is 18.5 Å². The average Bonchev–Trinajstić information content (AvgIpc) is 3.28. The van der Waals surface area contributed by atoms with Crippen molar-refractivity contribution >= 4 is 23.2 Å². The van der Waals surface area contributed by atoms with Crippen molar-refractivity contribution in [2.24, 2.45) is 5.92 Å². The minimum Gasteiger partial charge on any atom is -0.339 e. The van der Waals surface area contributed by atoms with Crippen molar-refractivity contribution in [1.82, 2.24) is 10.2 Å². The molecule has 0 atom stereocenters. The average molecular weight is 272 g/mol. The molecule has 102 valence electrons. The first-order chi connectivity index (χ1) is 9.70. The molecule has 3 rings (SSSR count). The largest absolute Gasteiger partial charge is 0.339 e. The summed E-state index contributed by atoms with van der Waals surface area (Å²) in [6, 6.07) is 9.33. The number of carbonyl (C=O) groups is 1. The van der Waals surface area contributed by atoms with Gasteiger partial charge in [-0.15, -0.1) is 10.2 Å². The van der Waals surface area contributed by atoms with Crippen LogP contribution in [0.25, 0.3) is 0 Å². The number of carbonyl (C=O) groups excluding carboxylic acids is 1. The number of nitrogens with one attached hydrogen (secondary N) is 2. The van der Waals surface area contributed by atoms with Gasteiger partial charge >= 0.3 is 0 Å². The third kappa shape index (κ3) is 3.09. The molecule has 0 radical (unpaired) electrons. The Kier molecular flexibility index (Phi) is 3.28. The summed E-state index contributed by atoms with van der Waals surface area (Å²) in [5.74, 6) is 0.805. The van der Waals surface area contributed by atoms with E-state index in [1.54, 1.807) is 24.3 Å². The normalized spacial score (nSPS) is 13.8. The maximum atomic E-state index is 12.8. The van der Waals surface area contributed by atoms with Crippen LogP contribution in [0.1, 0.15) is 12.8 Å². The van der Waals surface area contributed by atoms with Gasteiger partial charge in [-0.3, -0.25) is 4.79 Å². The maximum absolute atomic E-state index is 12.8. The van der Waals surface area contributed by atoms with Crippen molar-refractivity contribution in [3.63, 3.8) is 0 Å². The third-order valence-corrected chi connectivity index (χ3v) is 2.98. The zero-order chi connectivity index (χ0) is 13.9. The Morgan fingerprint density at radius 1 is 1.05 bits per heavy atom. The molecule has 1 aromatic carbocycles. The molecule has 1 aromatic heterocycles. The smallest absolute Gasteiger partial charge is 0.228 e. The molecule has 2 aromatic rings. The highest BCUT2D eigenvalue weighted by atomic mass is 19.1. The van der Waals surface area contributed by atoms with Crippen molar-refractivity contribution in [3.8, 4) is 0 Å². The van der Waals surface area contributed by atoms with Gasteiger partial charge in [-0.1, -0.05) is 0 Å². The molecule has 6 heteroatoms. The molecule has 1 aliphatic rings. The molecule has 0 aliphatic heterocycles. The van der Waals surface area contributed by atoms with Crippen molar-refractivity contribution in [1.29, 1.82) is 0 Å². The Hall–Kier alpha value is -2.50. The third-order valence-electron chi connectivity index (χ3n) is 2.98. The molecule has 0 saturated heterocycles. The second kappa shape index (κ2) is 5.24. The van der Waals surface area contributed by atoms with Crippen LogP contribution in [0, 0.1) is 11.7 Å². The fourth-order valence-electron chi connectivity index (χ4n) is 1.72. The van der Waals surface area contributed by atoms with Crippen LogP contribution in [0.15, 0.2) is 36.4 Å². The van der Waals surface area contributed by atoms with Crippen LogP contribution in [0.5, 0.6) is 0 Å². The topological polar surface area (TPSA) is 66.9 Å². The number of amides is 1. The first kappa shape index (κ1) is 12.5. The number of anilines is 3. The minimum absolute atomic E-state index is 0.00135. The summed E-state index contributed by atoms with van der Waals surface area (Å²) in [5, 5.41) is 13.6. The first-order valence-electron chi connectivity index (χ1n) is 6.38. The second-order valence-corrected chi connectivity index (χ2v) is 4.70. The minimum atomic E-state index is -0.292. The maximum Gasteiger partial charge on any atom is 0.228 e. The summed E-state index contributed by atoms with van der Waals surface area (Å²) in [5.41, 5.74) is 0.718. The zero-order valence-corrected chi connectivity index (χ0v) is 10.6. The molecule has 1 saturated carbocycles. The van der Waals surface area contributed by atoms with Gasteiger partial charge in [0.15, 0.2) is 11.6 Å². The molecule has 1 aliphatic carbocycles. The van der Waals surface area contributed by atoms with Crippen LogP contribution in [0.3, 0.4) is 0 Å². The van der Waals surface area contributed by atoms with Crippen LogP contribution < -0.4 is 10.6 Å². The predicted molar refractivity (Wildman–Crippen MR) is 73.1 cm³/mol. The van der Waals surface area contributed by atoms with Gasteiger partial charge in [0.1, 0.15) is 5.82 Å². The first-order valence-corrected chi connectivity index (χ1v) is 6.38. The Balaban J connectivity index is 1.63. The van der Waals surface area contributed by atoms with Crippen LogP contribution in [0.2, 0.25) is 0 Å². The molecule has 1 heterocycles. The molecule has 20 heavy (non-hydrogen) atoms. The molecule has 0 spiro atoms. The van der Waals surface area contributed by atoms with Gasteiger partial charge < -0.3 is 10.6 Å². The Morgan fingerprint density at radius 2 is 1.70 bits per heavy atom. The zero-order valence-electron chi connectivity index (χ0n) is 10.6. The lowest BCUT2D eigenvalue weighted by atomic mass is 10.3. The Labute approximate surface area is 115 Å². The van der Waals surface area contributed by atoms with Crippen LogP contribution >= 0.6 is 0 Å². The van der Waals surface area contributed by atoms with Gasteiger partial charge in [0.2, 0.25) is 5.91 Å². The van der Waals surface area contributed by atoms with E-state index in [9.17, 15) is 9.18 Å². The molecular formula is C14H13FN4O. The van der Waals surface area contributed by atoms with Crippen molar-refractivity contribution in [2.75, 3.05) is 10.6 Å². The fraction of sp³-hybridized carbons (Fsp3) is 0.214. The van der Waals surface area contributed by atoms with Crippen LogP contribution in [-0.4, -0.2) is 16.1 Å². The molecule has 0 bridgehead atoms. The van der Waals surface area contributed by atoms with E-state index in [-0.39, 0.29) is 17.6 Å². The van der Waals surface area contributed by atoms with Crippen molar-refractivity contribution < 1.29 is 9.18 Å². The molecule has 1 fully saturated rings. The van der Waals surface area contributed by atoms with Crippen molar-refractivity contribution in [3.05, 3.63) is 42.2 Å². The summed E-state index contributed by atoms with van der Waals surface area (Å²) in [6.07, 6.45) is 1.90. The summed E-state index contributed by atoms with van der Waals surface area (Å²) in [4.78, 5) is 11.6. The SMILES string of the molecule is O=C(Nc1ccc(Nc2ccc(F)cc2)nn1)C1CC1. The number of hydrogen-bond donors (Lipinski definition) is 2. The number of nitrogens with zero attached hydrogens (tertiary/aromatic N) is 2. The van der Waals surface area contributed by atoms with Gasteiger partial charge in [0.25, 0.3) is 0 Å². The fourth-order valence-corrected chi connectivity index (χ4v) is 1.72. The van der Waals surface area contributed by atoms with Crippen LogP contribution in [0.4, 0.5) is 21.7 Å². The van der Waals surface area contributed by atoms with E-state index in [0.29, 0.717) is 11.6 Å². The summed E-state index contributed by atoms with van der Waals surface area (Å²) in [6.45, 7) is 0. The van der Waals surface area contributed by atoms with Gasteiger partial charge in [-0.2, -0.15) is 0 Å². The Morgan fingerprint density at radius 3 is 2.30 bits per heavy atom. The summed E-state index contributed by atoms with van der Waals surface area (Å²) < 4.78 is 12.8. The molecule has 1 amide bonds. The number of rotatable bonds is 4. The highest BCUT2D eigenvalue weighted by molar-refractivity contribution is 5.93. The highest BCUT2D eigenvalue weighted by Crippen LogP contribution is 2.29. The lowest BCUT2D eigenvalue weighted by Crippen LogP contribution is -2.14. The Bertz CT molecular complexity index is 608. The van der Waals surface area contributed by atoms with Crippen LogP contribution in [-0.2, 0) is 4.79 Å². The standard InChI is InChI=1S/C14H13FN4O/c15-10-3-5-11(6-4-10)16-12-7-8-13(19-18-12)17-14(20)9-1-2-9/h3-9H,1-2H2,(H,16,18)(H,17,19,20). The quantitative estimate of drug-likeness (QED) is 0.898. The van der Waals surface area contributed by atoms with E-state index in [1.165, 1.54) is 12.1 Å². The number of hydrogen-bond acceptors (Lipinski definition) is 4. The van der Waals surface area contributed by atoms with Gasteiger partial charge in [-0.05, 0) is 49.2 Å².